The van der Waals surface area contributed by atoms with Gasteiger partial charge in [-0.2, -0.15) is 0 Å². The molecule has 0 saturated heterocycles. The zero-order valence-electron chi connectivity index (χ0n) is 11.6. The molecule has 3 rings (SSSR count). The Kier molecular flexibility index (Phi) is 3.50. The molecule has 0 fully saturated rings. The Hall–Kier alpha value is -2.16. The number of rotatable bonds is 4. The number of hydrogen-bond donors (Lipinski definition) is 0. The molecule has 1 aromatic carbocycles. The van der Waals surface area contributed by atoms with E-state index < -0.39 is 0 Å². The minimum absolute atomic E-state index is 0.187. The van der Waals surface area contributed by atoms with Gasteiger partial charge in [0.05, 0.1) is 0 Å². The number of fused-ring (bicyclic) bond motifs is 3. The van der Waals surface area contributed by atoms with E-state index in [0.717, 1.165) is 48.1 Å². The highest BCUT2D eigenvalue weighted by Gasteiger charge is 2.29. The molecule has 0 radical (unpaired) electrons. The summed E-state index contributed by atoms with van der Waals surface area (Å²) < 4.78 is 0. The lowest BCUT2D eigenvalue weighted by molar-refractivity contribution is -0.109. The number of nitrogens with zero attached hydrogens (tertiary/aromatic N) is 2. The van der Waals surface area contributed by atoms with Crippen LogP contribution < -0.4 is 4.90 Å². The molecule has 1 aliphatic heterocycles. The molecule has 20 heavy (non-hydrogen) atoms. The lowest BCUT2D eigenvalue weighted by Gasteiger charge is -2.37. The van der Waals surface area contributed by atoms with E-state index in [-0.39, 0.29) is 6.04 Å². The third kappa shape index (κ3) is 1.99. The van der Waals surface area contributed by atoms with Gasteiger partial charge in [0.1, 0.15) is 12.3 Å². The van der Waals surface area contributed by atoms with Crippen LogP contribution in [0.4, 0.5) is 5.69 Å². The van der Waals surface area contributed by atoms with Crippen LogP contribution in [0.2, 0.25) is 0 Å². The van der Waals surface area contributed by atoms with E-state index in [9.17, 15) is 4.79 Å². The van der Waals surface area contributed by atoms with Gasteiger partial charge in [0, 0.05) is 30.2 Å². The molecule has 0 N–H and O–H groups in total. The molecular formula is C17H18N2O. The Labute approximate surface area is 119 Å². The Morgan fingerprint density at radius 3 is 2.90 bits per heavy atom. The number of benzene rings is 1. The molecule has 1 atom stereocenters. The third-order valence-corrected chi connectivity index (χ3v) is 3.89. The number of carbonyl (C=O) groups is 1. The Bertz CT molecular complexity index is 624. The van der Waals surface area contributed by atoms with Crippen molar-refractivity contribution in [3.63, 3.8) is 0 Å². The first kappa shape index (κ1) is 12.9. The monoisotopic (exact) mass is 266 g/mol. The van der Waals surface area contributed by atoms with Gasteiger partial charge in [0.2, 0.25) is 0 Å². The normalized spacial score (nSPS) is 16.4. The topological polar surface area (TPSA) is 33.2 Å². The molecule has 0 aliphatic carbocycles. The molecule has 0 saturated carbocycles. The van der Waals surface area contributed by atoms with E-state index in [4.69, 9.17) is 0 Å². The van der Waals surface area contributed by atoms with E-state index in [1.807, 2.05) is 30.5 Å². The fraction of sp³-hybridized carbons (Fsp3) is 0.294. The molecule has 3 nitrogen and oxygen atoms in total. The van der Waals surface area contributed by atoms with E-state index >= 15 is 0 Å². The van der Waals surface area contributed by atoms with E-state index in [1.54, 1.807) is 6.20 Å². The number of anilines is 1. The second-order valence-electron chi connectivity index (χ2n) is 5.11. The largest absolute Gasteiger partial charge is 0.357 e. The first-order valence-corrected chi connectivity index (χ1v) is 7.12. The van der Waals surface area contributed by atoms with Crippen LogP contribution in [0.15, 0.2) is 42.7 Å². The molecule has 0 bridgehead atoms. The molecule has 2 heterocycles. The van der Waals surface area contributed by atoms with Crippen molar-refractivity contribution >= 4 is 12.0 Å². The highest BCUT2D eigenvalue weighted by molar-refractivity contribution is 5.89. The summed E-state index contributed by atoms with van der Waals surface area (Å²) in [5.41, 5.74) is 4.45. The van der Waals surface area contributed by atoms with E-state index in [2.05, 4.69) is 22.9 Å². The molecule has 2 aromatic rings. The maximum Gasteiger partial charge on any atom is 0.147 e. The third-order valence-electron chi connectivity index (χ3n) is 3.89. The summed E-state index contributed by atoms with van der Waals surface area (Å²) in [7, 11) is 0. The fourth-order valence-corrected chi connectivity index (χ4v) is 2.90. The maximum atomic E-state index is 11.6. The number of pyridine rings is 1. The van der Waals surface area contributed by atoms with Crippen LogP contribution in [0.1, 0.15) is 31.4 Å². The summed E-state index contributed by atoms with van der Waals surface area (Å²) in [6.07, 6.45) is 6.94. The molecule has 1 aromatic heterocycles. The summed E-state index contributed by atoms with van der Waals surface area (Å²) in [4.78, 5) is 18.1. The first-order chi connectivity index (χ1) is 9.86. The standard InChI is InChI=1S/C17H18N2O/c1-2-3-10-19-16-8-9-18-11-15(16)13-6-4-5-7-14(13)17(19)12-20/h4-9,11-12,17H,2-3,10H2,1H3. The SMILES string of the molecule is CCCCN1c2ccncc2-c2ccccc2C1C=O. The van der Waals surface area contributed by atoms with Crippen LogP contribution >= 0.6 is 0 Å². The minimum Gasteiger partial charge on any atom is -0.357 e. The molecule has 1 aliphatic rings. The van der Waals surface area contributed by atoms with Gasteiger partial charge in [0.25, 0.3) is 0 Å². The lowest BCUT2D eigenvalue weighted by Crippen LogP contribution is -2.34. The van der Waals surface area contributed by atoms with Gasteiger partial charge in [-0.25, -0.2) is 0 Å². The Morgan fingerprint density at radius 2 is 2.10 bits per heavy atom. The molecule has 0 spiro atoms. The number of unbranched alkanes of at least 4 members (excludes halogenated alkanes) is 1. The molecule has 0 amide bonds. The van der Waals surface area contributed by atoms with Gasteiger partial charge in [-0.05, 0) is 23.6 Å². The van der Waals surface area contributed by atoms with Gasteiger partial charge in [-0.15, -0.1) is 0 Å². The van der Waals surface area contributed by atoms with Crippen molar-refractivity contribution in [3.8, 4) is 11.1 Å². The number of hydrogen-bond acceptors (Lipinski definition) is 3. The van der Waals surface area contributed by atoms with Crippen molar-refractivity contribution < 1.29 is 4.79 Å². The summed E-state index contributed by atoms with van der Waals surface area (Å²) >= 11 is 0. The molecule has 3 heteroatoms. The van der Waals surface area contributed by atoms with Crippen LogP contribution in [-0.4, -0.2) is 17.8 Å². The van der Waals surface area contributed by atoms with Gasteiger partial charge in [-0.1, -0.05) is 37.6 Å². The van der Waals surface area contributed by atoms with Gasteiger partial charge in [-0.3, -0.25) is 4.98 Å². The Morgan fingerprint density at radius 1 is 1.25 bits per heavy atom. The van der Waals surface area contributed by atoms with E-state index in [0.29, 0.717) is 0 Å². The predicted octanol–water partition coefficient (Wildman–Crippen LogP) is 3.61. The second-order valence-corrected chi connectivity index (χ2v) is 5.11. The maximum absolute atomic E-state index is 11.6. The zero-order chi connectivity index (χ0) is 13.9. The zero-order valence-corrected chi connectivity index (χ0v) is 11.6. The first-order valence-electron chi connectivity index (χ1n) is 7.12. The average molecular weight is 266 g/mol. The average Bonchev–Trinajstić information content (AvgIpc) is 2.52. The van der Waals surface area contributed by atoms with Crippen LogP contribution in [0, 0.1) is 0 Å². The molecule has 102 valence electrons. The summed E-state index contributed by atoms with van der Waals surface area (Å²) in [6, 6.07) is 9.95. The van der Waals surface area contributed by atoms with Gasteiger partial charge in [0.15, 0.2) is 0 Å². The molecular weight excluding hydrogens is 248 g/mol. The number of aldehydes is 1. The summed E-state index contributed by atoms with van der Waals surface area (Å²) in [5.74, 6) is 0. The van der Waals surface area contributed by atoms with Gasteiger partial charge >= 0.3 is 0 Å². The number of carbonyl (C=O) groups excluding carboxylic acids is 1. The van der Waals surface area contributed by atoms with Crippen molar-refractivity contribution in [1.82, 2.24) is 4.98 Å². The van der Waals surface area contributed by atoms with Crippen molar-refractivity contribution in [1.29, 1.82) is 0 Å². The Balaban J connectivity index is 2.16. The smallest absolute Gasteiger partial charge is 0.147 e. The number of aromatic nitrogens is 1. The molecule has 1 unspecified atom stereocenters. The van der Waals surface area contributed by atoms with Crippen molar-refractivity contribution in [3.05, 3.63) is 48.3 Å². The van der Waals surface area contributed by atoms with E-state index in [1.165, 1.54) is 0 Å². The highest BCUT2D eigenvalue weighted by Crippen LogP contribution is 2.43. The predicted molar refractivity (Wildman–Crippen MR) is 80.7 cm³/mol. The van der Waals surface area contributed by atoms with Crippen LogP contribution in [0.5, 0.6) is 0 Å². The van der Waals surface area contributed by atoms with Crippen molar-refractivity contribution in [2.75, 3.05) is 11.4 Å². The quantitative estimate of drug-likeness (QED) is 0.793. The van der Waals surface area contributed by atoms with Crippen LogP contribution in [0.3, 0.4) is 0 Å². The van der Waals surface area contributed by atoms with Crippen molar-refractivity contribution in [2.24, 2.45) is 0 Å². The minimum atomic E-state index is -0.187. The van der Waals surface area contributed by atoms with Gasteiger partial charge < -0.3 is 9.69 Å². The van der Waals surface area contributed by atoms with Crippen LogP contribution in [0.25, 0.3) is 11.1 Å². The fourth-order valence-electron chi connectivity index (χ4n) is 2.90. The summed E-state index contributed by atoms with van der Waals surface area (Å²) in [5, 5.41) is 0. The second kappa shape index (κ2) is 5.45. The van der Waals surface area contributed by atoms with Crippen LogP contribution in [-0.2, 0) is 4.79 Å². The van der Waals surface area contributed by atoms with Crippen molar-refractivity contribution in [2.45, 2.75) is 25.8 Å². The highest BCUT2D eigenvalue weighted by atomic mass is 16.1. The summed E-state index contributed by atoms with van der Waals surface area (Å²) in [6.45, 7) is 3.06. The lowest BCUT2D eigenvalue weighted by atomic mass is 9.89.